The average Bonchev–Trinajstić information content (AvgIpc) is 2.61. The lowest BCUT2D eigenvalue weighted by Crippen LogP contribution is -2.26. The molecule has 0 aliphatic heterocycles. The Hall–Kier alpha value is -1.95. The van der Waals surface area contributed by atoms with Crippen LogP contribution < -0.4 is 10.9 Å². The lowest BCUT2D eigenvalue weighted by molar-refractivity contribution is -0.116. The SMILES string of the molecule is Cc1nc(NC(=O)Cn2ccccc2=O)sc1C. The molecule has 6 heteroatoms. The third-order valence-electron chi connectivity index (χ3n) is 2.49. The highest BCUT2D eigenvalue weighted by Gasteiger charge is 2.08. The Bertz CT molecular complexity index is 611. The molecule has 5 nitrogen and oxygen atoms in total. The molecule has 0 aliphatic rings. The van der Waals surface area contributed by atoms with Crippen LogP contribution in [-0.2, 0) is 11.3 Å². The van der Waals surface area contributed by atoms with E-state index in [-0.39, 0.29) is 18.0 Å². The van der Waals surface area contributed by atoms with Gasteiger partial charge in [-0.05, 0) is 19.9 Å². The van der Waals surface area contributed by atoms with E-state index in [9.17, 15) is 9.59 Å². The zero-order valence-electron chi connectivity index (χ0n) is 10.1. The summed E-state index contributed by atoms with van der Waals surface area (Å²) in [5, 5.41) is 3.26. The van der Waals surface area contributed by atoms with E-state index in [1.54, 1.807) is 18.3 Å². The van der Waals surface area contributed by atoms with Crippen LogP contribution in [-0.4, -0.2) is 15.5 Å². The van der Waals surface area contributed by atoms with Gasteiger partial charge in [-0.25, -0.2) is 4.98 Å². The molecule has 94 valence electrons. The molecule has 0 radical (unpaired) electrons. The second-order valence-electron chi connectivity index (χ2n) is 3.88. The van der Waals surface area contributed by atoms with Crippen LogP contribution in [0.3, 0.4) is 0 Å². The molecule has 2 heterocycles. The van der Waals surface area contributed by atoms with Crippen molar-refractivity contribution >= 4 is 22.4 Å². The topological polar surface area (TPSA) is 64.0 Å². The van der Waals surface area contributed by atoms with Gasteiger partial charge in [-0.3, -0.25) is 9.59 Å². The molecule has 0 spiro atoms. The maximum absolute atomic E-state index is 11.8. The van der Waals surface area contributed by atoms with E-state index in [0.717, 1.165) is 10.6 Å². The number of rotatable bonds is 3. The number of amides is 1. The Labute approximate surface area is 108 Å². The molecule has 0 saturated carbocycles. The van der Waals surface area contributed by atoms with Gasteiger partial charge in [-0.1, -0.05) is 6.07 Å². The summed E-state index contributed by atoms with van der Waals surface area (Å²) in [5.74, 6) is -0.253. The fraction of sp³-hybridized carbons (Fsp3) is 0.250. The molecule has 2 aromatic heterocycles. The summed E-state index contributed by atoms with van der Waals surface area (Å²) < 4.78 is 1.35. The minimum Gasteiger partial charge on any atom is -0.306 e. The van der Waals surface area contributed by atoms with E-state index < -0.39 is 0 Å². The minimum absolute atomic E-state index is 0.00263. The number of hydrogen-bond acceptors (Lipinski definition) is 4. The summed E-state index contributed by atoms with van der Waals surface area (Å²) in [6, 6.07) is 4.78. The monoisotopic (exact) mass is 263 g/mol. The molecule has 18 heavy (non-hydrogen) atoms. The van der Waals surface area contributed by atoms with Gasteiger partial charge in [0.15, 0.2) is 5.13 Å². The van der Waals surface area contributed by atoms with Crippen LogP contribution in [0.15, 0.2) is 29.2 Å². The molecule has 0 atom stereocenters. The molecule has 0 saturated heterocycles. The van der Waals surface area contributed by atoms with Crippen molar-refractivity contribution in [2.75, 3.05) is 5.32 Å². The molecule has 0 aliphatic carbocycles. The number of carbonyl (C=O) groups is 1. The lowest BCUT2D eigenvalue weighted by atomic mass is 10.4. The first-order valence-electron chi connectivity index (χ1n) is 5.45. The number of anilines is 1. The number of nitrogens with zero attached hydrogens (tertiary/aromatic N) is 2. The Morgan fingerprint density at radius 3 is 2.83 bits per heavy atom. The van der Waals surface area contributed by atoms with Crippen molar-refractivity contribution in [3.8, 4) is 0 Å². The van der Waals surface area contributed by atoms with E-state index in [1.165, 1.54) is 22.0 Å². The Balaban J connectivity index is 2.05. The fourth-order valence-electron chi connectivity index (χ4n) is 1.43. The number of hydrogen-bond donors (Lipinski definition) is 1. The summed E-state index contributed by atoms with van der Waals surface area (Å²) in [7, 11) is 0. The molecule has 0 bridgehead atoms. The van der Waals surface area contributed by atoms with Gasteiger partial charge in [0, 0.05) is 17.1 Å². The lowest BCUT2D eigenvalue weighted by Gasteiger charge is -2.04. The van der Waals surface area contributed by atoms with Crippen LogP contribution in [0.5, 0.6) is 0 Å². The molecule has 0 fully saturated rings. The smallest absolute Gasteiger partial charge is 0.250 e. The van der Waals surface area contributed by atoms with Gasteiger partial charge in [-0.15, -0.1) is 11.3 Å². The average molecular weight is 263 g/mol. The molecule has 1 amide bonds. The maximum Gasteiger partial charge on any atom is 0.250 e. The van der Waals surface area contributed by atoms with Crippen LogP contribution in [0.4, 0.5) is 5.13 Å². The summed E-state index contributed by atoms with van der Waals surface area (Å²) in [6.45, 7) is 3.84. The second-order valence-corrected chi connectivity index (χ2v) is 5.08. The summed E-state index contributed by atoms with van der Waals surface area (Å²) in [4.78, 5) is 28.5. The van der Waals surface area contributed by atoms with E-state index in [2.05, 4.69) is 10.3 Å². The van der Waals surface area contributed by atoms with Crippen molar-refractivity contribution < 1.29 is 4.79 Å². The van der Waals surface area contributed by atoms with Crippen molar-refractivity contribution in [1.29, 1.82) is 0 Å². The van der Waals surface area contributed by atoms with Crippen molar-refractivity contribution in [2.24, 2.45) is 0 Å². The summed E-state index contributed by atoms with van der Waals surface area (Å²) >= 11 is 1.43. The van der Waals surface area contributed by atoms with Crippen molar-refractivity contribution in [3.05, 3.63) is 45.3 Å². The highest BCUT2D eigenvalue weighted by Crippen LogP contribution is 2.20. The molecule has 0 aromatic carbocycles. The first kappa shape index (κ1) is 12.5. The van der Waals surface area contributed by atoms with Crippen molar-refractivity contribution in [3.63, 3.8) is 0 Å². The number of thiazole rings is 1. The first-order valence-corrected chi connectivity index (χ1v) is 6.27. The first-order chi connectivity index (χ1) is 8.56. The quantitative estimate of drug-likeness (QED) is 0.914. The predicted molar refractivity (Wildman–Crippen MR) is 70.9 cm³/mol. The maximum atomic E-state index is 11.8. The zero-order valence-corrected chi connectivity index (χ0v) is 11.0. The van der Waals surface area contributed by atoms with Gasteiger partial charge in [0.1, 0.15) is 6.54 Å². The molecule has 1 N–H and O–H groups in total. The van der Waals surface area contributed by atoms with Crippen molar-refractivity contribution in [2.45, 2.75) is 20.4 Å². The summed E-state index contributed by atoms with van der Waals surface area (Å²) in [6.07, 6.45) is 1.58. The Kier molecular flexibility index (Phi) is 3.57. The van der Waals surface area contributed by atoms with Crippen LogP contribution in [0, 0.1) is 13.8 Å². The standard InChI is InChI=1S/C12H13N3O2S/c1-8-9(2)18-12(13-8)14-10(16)7-15-6-4-3-5-11(15)17/h3-6H,7H2,1-2H3,(H,13,14,16). The third-order valence-corrected chi connectivity index (χ3v) is 3.48. The van der Waals surface area contributed by atoms with Gasteiger partial charge in [-0.2, -0.15) is 0 Å². The number of aryl methyl sites for hydroxylation is 2. The zero-order chi connectivity index (χ0) is 13.1. The molecule has 2 aromatic rings. The van der Waals surface area contributed by atoms with E-state index >= 15 is 0 Å². The Morgan fingerprint density at radius 2 is 2.22 bits per heavy atom. The van der Waals surface area contributed by atoms with Gasteiger partial charge < -0.3 is 9.88 Å². The molecule has 0 unspecified atom stereocenters. The van der Waals surface area contributed by atoms with Crippen molar-refractivity contribution in [1.82, 2.24) is 9.55 Å². The molecular formula is C12H13N3O2S. The predicted octanol–water partition coefficient (Wildman–Crippen LogP) is 1.56. The highest BCUT2D eigenvalue weighted by molar-refractivity contribution is 7.15. The molecular weight excluding hydrogens is 250 g/mol. The Morgan fingerprint density at radius 1 is 1.44 bits per heavy atom. The summed E-state index contributed by atoms with van der Waals surface area (Å²) in [5.41, 5.74) is 0.714. The number of carbonyl (C=O) groups excluding carboxylic acids is 1. The van der Waals surface area contributed by atoms with Gasteiger partial charge in [0.2, 0.25) is 5.91 Å². The van der Waals surface area contributed by atoms with Gasteiger partial charge in [0.05, 0.1) is 5.69 Å². The highest BCUT2D eigenvalue weighted by atomic mass is 32.1. The van der Waals surface area contributed by atoms with Crippen LogP contribution in [0.1, 0.15) is 10.6 Å². The van der Waals surface area contributed by atoms with E-state index in [1.807, 2.05) is 13.8 Å². The number of pyridine rings is 1. The molecule has 2 rings (SSSR count). The third kappa shape index (κ3) is 2.84. The van der Waals surface area contributed by atoms with E-state index in [4.69, 9.17) is 0 Å². The largest absolute Gasteiger partial charge is 0.306 e. The number of aromatic nitrogens is 2. The van der Waals surface area contributed by atoms with Crippen LogP contribution >= 0.6 is 11.3 Å². The van der Waals surface area contributed by atoms with Crippen LogP contribution in [0.2, 0.25) is 0 Å². The van der Waals surface area contributed by atoms with Gasteiger partial charge in [0.25, 0.3) is 5.56 Å². The van der Waals surface area contributed by atoms with Gasteiger partial charge >= 0.3 is 0 Å². The number of nitrogens with one attached hydrogen (secondary N) is 1. The van der Waals surface area contributed by atoms with E-state index in [0.29, 0.717) is 5.13 Å². The normalized spacial score (nSPS) is 10.3. The fourth-order valence-corrected chi connectivity index (χ4v) is 2.26. The van der Waals surface area contributed by atoms with Crippen LogP contribution in [0.25, 0.3) is 0 Å². The minimum atomic E-state index is -0.253. The second kappa shape index (κ2) is 5.14.